The summed E-state index contributed by atoms with van der Waals surface area (Å²) in [7, 11) is -9.91. The lowest BCUT2D eigenvalue weighted by Crippen LogP contribution is -2.30. The van der Waals surface area contributed by atoms with E-state index in [1.165, 1.54) is 148 Å². The Morgan fingerprint density at radius 1 is 0.355 bits per heavy atom. The SMILES string of the molecule is CCCCCC/C=C\C=C/CCCCCCCC(=O)OC[C@H](COP(=O)(O)OC[C@@H](O)COP(=O)(O)OC[C@@H](COC(=O)CCCCCCC)OC(=O)CCCCCCCCCCC(C)C)OC(=O)CCCCCCCCCCCCCCCCCCCCC(C)CC. The molecule has 0 saturated carbocycles. The van der Waals surface area contributed by atoms with Crippen LogP contribution in [0.5, 0.6) is 0 Å². The number of hydrogen-bond acceptors (Lipinski definition) is 15. The average molecular weight is 1360 g/mol. The molecular weight excluding hydrogens is 1220 g/mol. The zero-order valence-corrected chi connectivity index (χ0v) is 61.8. The van der Waals surface area contributed by atoms with Crippen molar-refractivity contribution in [2.24, 2.45) is 11.8 Å². The minimum Gasteiger partial charge on any atom is -0.462 e. The third-order valence-electron chi connectivity index (χ3n) is 16.9. The summed E-state index contributed by atoms with van der Waals surface area (Å²) in [5.74, 6) is -0.577. The number of ether oxygens (including phenoxy) is 4. The highest BCUT2D eigenvalue weighted by Gasteiger charge is 2.30. The summed E-state index contributed by atoms with van der Waals surface area (Å²) in [4.78, 5) is 72.3. The predicted molar refractivity (Wildman–Crippen MR) is 377 cm³/mol. The van der Waals surface area contributed by atoms with E-state index < -0.39 is 97.5 Å². The van der Waals surface area contributed by atoms with Gasteiger partial charge >= 0.3 is 39.5 Å². The lowest BCUT2D eigenvalue weighted by Gasteiger charge is -2.21. The Hall–Kier alpha value is -2.46. The van der Waals surface area contributed by atoms with Gasteiger partial charge in [0.05, 0.1) is 26.4 Å². The number of aliphatic hydroxyl groups is 1. The summed E-state index contributed by atoms with van der Waals surface area (Å²) >= 11 is 0. The first kappa shape index (κ1) is 90.5. The van der Waals surface area contributed by atoms with Crippen molar-refractivity contribution in [1.29, 1.82) is 0 Å². The maximum atomic E-state index is 13.1. The van der Waals surface area contributed by atoms with Gasteiger partial charge in [-0.15, -0.1) is 0 Å². The number of rotatable bonds is 71. The third kappa shape index (κ3) is 66.6. The van der Waals surface area contributed by atoms with Crippen LogP contribution in [0.25, 0.3) is 0 Å². The lowest BCUT2D eigenvalue weighted by atomic mass is 9.99. The Balaban J connectivity index is 5.15. The Kier molecular flexibility index (Phi) is 63.7. The van der Waals surface area contributed by atoms with E-state index in [4.69, 9.17) is 37.0 Å². The van der Waals surface area contributed by atoms with Crippen molar-refractivity contribution in [1.82, 2.24) is 0 Å². The molecule has 3 N–H and O–H groups in total. The highest BCUT2D eigenvalue weighted by atomic mass is 31.2. The molecule has 0 rings (SSSR count). The van der Waals surface area contributed by atoms with Gasteiger partial charge in [0.15, 0.2) is 12.2 Å². The molecule has 0 bridgehead atoms. The van der Waals surface area contributed by atoms with Crippen LogP contribution in [0.3, 0.4) is 0 Å². The average Bonchev–Trinajstić information content (AvgIpc) is 2.55. The highest BCUT2D eigenvalue weighted by molar-refractivity contribution is 7.47. The maximum absolute atomic E-state index is 13.1. The molecule has 0 radical (unpaired) electrons. The van der Waals surface area contributed by atoms with Gasteiger partial charge in [0, 0.05) is 25.7 Å². The van der Waals surface area contributed by atoms with Crippen LogP contribution in [-0.4, -0.2) is 96.7 Å². The van der Waals surface area contributed by atoms with E-state index in [0.29, 0.717) is 25.7 Å². The Morgan fingerprint density at radius 2 is 0.634 bits per heavy atom. The molecule has 19 heteroatoms. The molecule has 0 aromatic heterocycles. The molecule has 0 fully saturated rings. The summed E-state index contributed by atoms with van der Waals surface area (Å²) in [6.07, 6.45) is 55.5. The molecule has 0 saturated heterocycles. The van der Waals surface area contributed by atoms with E-state index in [-0.39, 0.29) is 25.7 Å². The van der Waals surface area contributed by atoms with Crippen LogP contribution < -0.4 is 0 Å². The second kappa shape index (κ2) is 65.5. The molecule has 0 aliphatic carbocycles. The number of carbonyl (C=O) groups excluding carboxylic acids is 4. The van der Waals surface area contributed by atoms with Gasteiger partial charge in [0.25, 0.3) is 0 Å². The summed E-state index contributed by atoms with van der Waals surface area (Å²) in [5.41, 5.74) is 0. The monoisotopic (exact) mass is 1360 g/mol. The number of aliphatic hydroxyl groups excluding tert-OH is 1. The molecule has 0 heterocycles. The Bertz CT molecular complexity index is 1900. The van der Waals surface area contributed by atoms with Crippen LogP contribution in [0.2, 0.25) is 0 Å². The number of esters is 4. The normalized spacial score (nSPS) is 14.5. The van der Waals surface area contributed by atoms with E-state index >= 15 is 0 Å². The molecule has 0 aliphatic heterocycles. The van der Waals surface area contributed by atoms with Gasteiger partial charge in [0.1, 0.15) is 19.3 Å². The standard InChI is InChI=1S/C74H140O17P2/c1-7-10-12-14-15-16-17-18-23-27-30-33-39-45-51-57-72(77)85-63-70(91-73(78)58-52-46-40-34-31-28-25-22-20-19-21-24-26-29-32-38-44-49-55-67(6)9-3)65-89-93(82,83)87-61-68(75)60-86-92(80,81)88-64-69(62-84-71(76)56-50-42-13-11-8-2)90-74(79)59-53-47-41-36-35-37-43-48-54-66(4)5/h16-18,23,66-70,75H,7-15,19-22,24-65H2,1-6H3,(H,80,81)(H,82,83)/b17-16-,23-18-/t67?,68-,69+,70+/m0/s1. The van der Waals surface area contributed by atoms with E-state index in [2.05, 4.69) is 65.8 Å². The summed E-state index contributed by atoms with van der Waals surface area (Å²) in [5, 5.41) is 10.6. The quantitative estimate of drug-likeness (QED) is 0.0169. The first-order chi connectivity index (χ1) is 44.9. The minimum atomic E-state index is -4.96. The van der Waals surface area contributed by atoms with Gasteiger partial charge in [0.2, 0.25) is 0 Å². The topological polar surface area (TPSA) is 237 Å². The Morgan fingerprint density at radius 3 is 0.968 bits per heavy atom. The summed E-state index contributed by atoms with van der Waals surface area (Å²) in [6.45, 7) is 9.44. The molecule has 6 atom stereocenters. The highest BCUT2D eigenvalue weighted by Crippen LogP contribution is 2.45. The summed E-state index contributed by atoms with van der Waals surface area (Å²) < 4.78 is 68.1. The molecular formula is C74H140O17P2. The van der Waals surface area contributed by atoms with Gasteiger partial charge in [-0.2, -0.15) is 0 Å². The number of allylic oxidation sites excluding steroid dienone is 4. The second-order valence-electron chi connectivity index (χ2n) is 26.7. The fourth-order valence-electron chi connectivity index (χ4n) is 10.7. The minimum absolute atomic E-state index is 0.101. The van der Waals surface area contributed by atoms with Crippen LogP contribution >= 0.6 is 15.6 Å². The first-order valence-electron chi connectivity index (χ1n) is 37.8. The molecule has 0 spiro atoms. The molecule has 17 nitrogen and oxygen atoms in total. The number of carbonyl (C=O) groups is 4. The zero-order chi connectivity index (χ0) is 68.6. The molecule has 3 unspecified atom stereocenters. The van der Waals surface area contributed by atoms with Crippen molar-refractivity contribution in [2.45, 2.75) is 374 Å². The van der Waals surface area contributed by atoms with Crippen LogP contribution in [0.4, 0.5) is 0 Å². The molecule has 0 aromatic rings. The summed E-state index contributed by atoms with van der Waals surface area (Å²) in [6, 6.07) is 0. The van der Waals surface area contributed by atoms with Gasteiger partial charge in [-0.25, -0.2) is 9.13 Å². The molecule has 0 aliphatic rings. The van der Waals surface area contributed by atoms with Crippen molar-refractivity contribution < 1.29 is 80.2 Å². The van der Waals surface area contributed by atoms with Crippen LogP contribution in [-0.2, 0) is 65.4 Å². The molecule has 548 valence electrons. The first-order valence-corrected chi connectivity index (χ1v) is 40.8. The van der Waals surface area contributed by atoms with E-state index in [1.54, 1.807) is 0 Å². The number of unbranched alkanes of at least 4 members (excludes halogenated alkanes) is 37. The van der Waals surface area contributed by atoms with Crippen molar-refractivity contribution in [3.05, 3.63) is 24.3 Å². The van der Waals surface area contributed by atoms with E-state index in [1.807, 2.05) is 0 Å². The van der Waals surface area contributed by atoms with Crippen molar-refractivity contribution in [3.8, 4) is 0 Å². The van der Waals surface area contributed by atoms with Gasteiger partial charge in [-0.3, -0.25) is 37.3 Å². The molecule has 0 aromatic carbocycles. The fourth-order valence-corrected chi connectivity index (χ4v) is 12.3. The fraction of sp³-hybridized carbons (Fsp3) is 0.892. The number of phosphoric ester groups is 2. The van der Waals surface area contributed by atoms with Gasteiger partial charge < -0.3 is 33.8 Å². The van der Waals surface area contributed by atoms with E-state index in [9.17, 15) is 43.2 Å². The van der Waals surface area contributed by atoms with Crippen LogP contribution in [0.15, 0.2) is 24.3 Å². The largest absolute Gasteiger partial charge is 0.472 e. The van der Waals surface area contributed by atoms with Gasteiger partial charge in [-0.1, -0.05) is 303 Å². The Labute approximate surface area is 567 Å². The van der Waals surface area contributed by atoms with Crippen molar-refractivity contribution in [3.63, 3.8) is 0 Å². The van der Waals surface area contributed by atoms with E-state index in [0.717, 1.165) is 127 Å². The van der Waals surface area contributed by atoms with Crippen molar-refractivity contribution in [2.75, 3.05) is 39.6 Å². The van der Waals surface area contributed by atoms with Crippen LogP contribution in [0, 0.1) is 11.8 Å². The predicted octanol–water partition coefficient (Wildman–Crippen LogP) is 21.1. The van der Waals surface area contributed by atoms with Crippen LogP contribution in [0.1, 0.15) is 356 Å². The van der Waals surface area contributed by atoms with Gasteiger partial charge in [-0.05, 0) is 63.2 Å². The molecule has 93 heavy (non-hydrogen) atoms. The zero-order valence-electron chi connectivity index (χ0n) is 60.0. The number of hydrogen-bond donors (Lipinski definition) is 3. The third-order valence-corrected chi connectivity index (χ3v) is 18.8. The maximum Gasteiger partial charge on any atom is 0.472 e. The van der Waals surface area contributed by atoms with Crippen molar-refractivity contribution >= 4 is 39.5 Å². The lowest BCUT2D eigenvalue weighted by molar-refractivity contribution is -0.161. The molecule has 0 amide bonds. The second-order valence-corrected chi connectivity index (χ2v) is 29.6. The smallest absolute Gasteiger partial charge is 0.462 e. The number of phosphoric acid groups is 2.